The lowest BCUT2D eigenvalue weighted by atomic mass is 10.2. The van der Waals surface area contributed by atoms with Crippen LogP contribution in [0.3, 0.4) is 0 Å². The first-order valence-electron chi connectivity index (χ1n) is 8.49. The second-order valence-electron chi connectivity index (χ2n) is 6.06. The second kappa shape index (κ2) is 8.29. The minimum absolute atomic E-state index is 0.244. The highest BCUT2D eigenvalue weighted by Gasteiger charge is 2.13. The zero-order chi connectivity index (χ0) is 20.4. The highest BCUT2D eigenvalue weighted by Crippen LogP contribution is 2.29. The summed E-state index contributed by atoms with van der Waals surface area (Å²) in [5.74, 6) is -0.0358. The number of fused-ring (bicyclic) bond motifs is 1. The molecule has 0 aliphatic rings. The molecule has 9 heteroatoms. The van der Waals surface area contributed by atoms with Crippen LogP contribution in [0.15, 0.2) is 60.7 Å². The Labute approximate surface area is 180 Å². The van der Waals surface area contributed by atoms with Crippen molar-refractivity contribution in [2.45, 2.75) is 0 Å². The molecule has 0 aliphatic heterocycles. The van der Waals surface area contributed by atoms with Gasteiger partial charge in [0.1, 0.15) is 16.8 Å². The van der Waals surface area contributed by atoms with Gasteiger partial charge in [-0.15, -0.1) is 10.2 Å². The lowest BCUT2D eigenvalue weighted by Crippen LogP contribution is -2.20. The summed E-state index contributed by atoms with van der Waals surface area (Å²) < 4.78 is 5.44. The van der Waals surface area contributed by atoms with E-state index in [0.717, 1.165) is 5.69 Å². The number of amides is 1. The topological polar surface area (TPSA) is 69.0 Å². The summed E-state index contributed by atoms with van der Waals surface area (Å²) in [4.78, 5) is 13.8. The van der Waals surface area contributed by atoms with Crippen molar-refractivity contribution in [1.29, 1.82) is 0 Å². The Bertz CT molecular complexity index is 1200. The van der Waals surface area contributed by atoms with Gasteiger partial charge in [0, 0.05) is 5.02 Å². The van der Waals surface area contributed by atoms with Crippen LogP contribution in [0.5, 0.6) is 5.75 Å². The molecule has 4 rings (SSSR count). The molecule has 1 aromatic heterocycles. The number of halogens is 3. The zero-order valence-electron chi connectivity index (χ0n) is 14.8. The molecule has 3 aromatic carbocycles. The van der Waals surface area contributed by atoms with E-state index in [0.29, 0.717) is 37.5 Å². The number of aromatic nitrogens is 3. The van der Waals surface area contributed by atoms with E-state index in [1.165, 1.54) is 10.9 Å². The van der Waals surface area contributed by atoms with Gasteiger partial charge in [-0.05, 0) is 42.5 Å². The molecule has 1 amide bonds. The fourth-order valence-electron chi connectivity index (χ4n) is 2.63. The first kappa shape index (κ1) is 19.5. The van der Waals surface area contributed by atoms with E-state index < -0.39 is 5.91 Å². The molecule has 0 unspecified atom stereocenters. The van der Waals surface area contributed by atoms with E-state index in [4.69, 9.17) is 39.5 Å². The lowest BCUT2D eigenvalue weighted by molar-refractivity contribution is -0.118. The average molecular weight is 448 g/mol. The smallest absolute Gasteiger partial charge is 0.262 e. The standard InChI is InChI=1S/C20H13Cl3N4O2/c21-12-6-7-19(15(23)8-12)29-11-20(28)24-16-10-18-17(9-14(16)22)25-27(26-18)13-4-2-1-3-5-13/h1-10H,11H2,(H,24,28). The van der Waals surface area contributed by atoms with Gasteiger partial charge in [0.2, 0.25) is 0 Å². The molecule has 0 fully saturated rings. The monoisotopic (exact) mass is 446 g/mol. The van der Waals surface area contributed by atoms with Crippen molar-refractivity contribution in [2.75, 3.05) is 11.9 Å². The Hall–Kier alpha value is -2.80. The Morgan fingerprint density at radius 2 is 1.66 bits per heavy atom. The Morgan fingerprint density at radius 1 is 0.931 bits per heavy atom. The van der Waals surface area contributed by atoms with Crippen LogP contribution in [0.25, 0.3) is 16.7 Å². The van der Waals surface area contributed by atoms with Gasteiger partial charge in [-0.3, -0.25) is 4.79 Å². The number of ether oxygens (including phenoxy) is 1. The molecule has 29 heavy (non-hydrogen) atoms. The van der Waals surface area contributed by atoms with Crippen LogP contribution in [-0.4, -0.2) is 27.5 Å². The number of anilines is 1. The average Bonchev–Trinajstić information content (AvgIpc) is 3.11. The second-order valence-corrected chi connectivity index (χ2v) is 7.31. The molecule has 1 heterocycles. The molecule has 0 saturated carbocycles. The first-order chi connectivity index (χ1) is 14.0. The summed E-state index contributed by atoms with van der Waals surface area (Å²) in [5.41, 5.74) is 2.44. The molecular weight excluding hydrogens is 435 g/mol. The third-order valence-corrected chi connectivity index (χ3v) is 4.83. The summed E-state index contributed by atoms with van der Waals surface area (Å²) in [5, 5.41) is 12.7. The fraction of sp³-hybridized carbons (Fsp3) is 0.0500. The van der Waals surface area contributed by atoms with E-state index in [1.807, 2.05) is 30.3 Å². The number of hydrogen-bond donors (Lipinski definition) is 1. The van der Waals surface area contributed by atoms with Crippen molar-refractivity contribution in [3.8, 4) is 11.4 Å². The molecule has 0 saturated heterocycles. The molecule has 6 nitrogen and oxygen atoms in total. The molecule has 0 spiro atoms. The zero-order valence-corrected chi connectivity index (χ0v) is 17.0. The quantitative estimate of drug-likeness (QED) is 0.445. The van der Waals surface area contributed by atoms with Crippen molar-refractivity contribution < 1.29 is 9.53 Å². The largest absolute Gasteiger partial charge is 0.482 e. The third kappa shape index (κ3) is 4.45. The van der Waals surface area contributed by atoms with Gasteiger partial charge >= 0.3 is 0 Å². The van der Waals surface area contributed by atoms with Crippen molar-refractivity contribution in [1.82, 2.24) is 15.0 Å². The van der Waals surface area contributed by atoms with Crippen molar-refractivity contribution >= 4 is 57.4 Å². The van der Waals surface area contributed by atoms with Crippen molar-refractivity contribution in [3.05, 3.63) is 75.7 Å². The van der Waals surface area contributed by atoms with E-state index in [1.54, 1.807) is 24.3 Å². The van der Waals surface area contributed by atoms with Crippen LogP contribution in [-0.2, 0) is 4.79 Å². The van der Waals surface area contributed by atoms with E-state index >= 15 is 0 Å². The highest BCUT2D eigenvalue weighted by molar-refractivity contribution is 6.35. The van der Waals surface area contributed by atoms with Crippen molar-refractivity contribution in [3.63, 3.8) is 0 Å². The Kier molecular flexibility index (Phi) is 5.58. The summed E-state index contributed by atoms with van der Waals surface area (Å²) in [7, 11) is 0. The molecule has 146 valence electrons. The summed E-state index contributed by atoms with van der Waals surface area (Å²) >= 11 is 18.2. The Balaban J connectivity index is 1.49. The van der Waals surface area contributed by atoms with Gasteiger partial charge in [0.05, 0.1) is 21.4 Å². The van der Waals surface area contributed by atoms with Crippen molar-refractivity contribution in [2.24, 2.45) is 0 Å². The third-order valence-electron chi connectivity index (χ3n) is 3.98. The fourth-order valence-corrected chi connectivity index (χ4v) is 3.30. The van der Waals surface area contributed by atoms with Crippen LogP contribution >= 0.6 is 34.8 Å². The predicted octanol–water partition coefficient (Wildman–Crippen LogP) is 5.40. The maximum absolute atomic E-state index is 12.3. The molecular formula is C20H13Cl3N4O2. The number of nitrogens with one attached hydrogen (secondary N) is 1. The maximum atomic E-state index is 12.3. The van der Waals surface area contributed by atoms with Crippen LogP contribution in [0.4, 0.5) is 5.69 Å². The molecule has 4 aromatic rings. The number of carbonyl (C=O) groups excluding carboxylic acids is 1. The number of hydrogen-bond acceptors (Lipinski definition) is 4. The van der Waals surface area contributed by atoms with Crippen LogP contribution in [0.2, 0.25) is 15.1 Å². The van der Waals surface area contributed by atoms with Crippen LogP contribution < -0.4 is 10.1 Å². The van der Waals surface area contributed by atoms with Crippen LogP contribution in [0.1, 0.15) is 0 Å². The van der Waals surface area contributed by atoms with Gasteiger partial charge in [-0.25, -0.2) is 0 Å². The number of carbonyl (C=O) groups is 1. The molecule has 0 aliphatic carbocycles. The number of benzene rings is 3. The van der Waals surface area contributed by atoms with Gasteiger partial charge in [-0.2, -0.15) is 4.80 Å². The molecule has 0 atom stereocenters. The maximum Gasteiger partial charge on any atom is 0.262 e. The Morgan fingerprint density at radius 3 is 2.38 bits per heavy atom. The van der Waals surface area contributed by atoms with Gasteiger partial charge in [0.15, 0.2) is 6.61 Å². The molecule has 0 bridgehead atoms. The molecule has 0 radical (unpaired) electrons. The highest BCUT2D eigenvalue weighted by atomic mass is 35.5. The SMILES string of the molecule is O=C(COc1ccc(Cl)cc1Cl)Nc1cc2nn(-c3ccccc3)nc2cc1Cl. The normalized spacial score (nSPS) is 10.9. The first-order valence-corrected chi connectivity index (χ1v) is 9.63. The predicted molar refractivity (Wildman–Crippen MR) is 114 cm³/mol. The summed E-state index contributed by atoms with van der Waals surface area (Å²) in [6.45, 7) is -0.244. The summed E-state index contributed by atoms with van der Waals surface area (Å²) in [6.07, 6.45) is 0. The minimum atomic E-state index is -0.396. The molecule has 1 N–H and O–H groups in total. The van der Waals surface area contributed by atoms with Crippen LogP contribution in [0, 0.1) is 0 Å². The van der Waals surface area contributed by atoms with Gasteiger partial charge < -0.3 is 10.1 Å². The van der Waals surface area contributed by atoms with E-state index in [9.17, 15) is 4.79 Å². The van der Waals surface area contributed by atoms with E-state index in [2.05, 4.69) is 15.5 Å². The minimum Gasteiger partial charge on any atom is -0.482 e. The number of nitrogens with zero attached hydrogens (tertiary/aromatic N) is 3. The van der Waals surface area contributed by atoms with E-state index in [-0.39, 0.29) is 6.61 Å². The van der Waals surface area contributed by atoms with Gasteiger partial charge in [-0.1, -0.05) is 53.0 Å². The number of rotatable bonds is 5. The van der Waals surface area contributed by atoms with Gasteiger partial charge in [0.25, 0.3) is 5.91 Å². The summed E-state index contributed by atoms with van der Waals surface area (Å²) in [6, 6.07) is 17.6. The number of para-hydroxylation sites is 1. The lowest BCUT2D eigenvalue weighted by Gasteiger charge is -2.10.